The number of nitrogen functional groups attached to an aromatic ring is 2. The Balaban J connectivity index is 1.43. The lowest BCUT2D eigenvalue weighted by Crippen LogP contribution is -2.21. The van der Waals surface area contributed by atoms with E-state index in [9.17, 15) is 14.7 Å². The van der Waals surface area contributed by atoms with Crippen LogP contribution in [0.4, 0.5) is 26.2 Å². The molecule has 0 spiro atoms. The van der Waals surface area contributed by atoms with Crippen molar-refractivity contribution in [2.75, 3.05) is 22.9 Å². The summed E-state index contributed by atoms with van der Waals surface area (Å²) in [5.41, 5.74) is 12.7. The number of aromatic carboxylic acids is 1. The van der Waals surface area contributed by atoms with Gasteiger partial charge in [-0.3, -0.25) is 4.79 Å². The number of anilines is 3. The van der Waals surface area contributed by atoms with Crippen molar-refractivity contribution in [3.8, 4) is 11.1 Å². The van der Waals surface area contributed by atoms with E-state index in [1.807, 2.05) is 0 Å². The number of nitrogens with two attached hydrogens (primary N) is 2. The zero-order valence-corrected chi connectivity index (χ0v) is 19.5. The van der Waals surface area contributed by atoms with Crippen molar-refractivity contribution >= 4 is 34.3 Å². The third-order valence-corrected chi connectivity index (χ3v) is 7.02. The molecule has 0 radical (unpaired) electrons. The van der Waals surface area contributed by atoms with Crippen LogP contribution in [0, 0.1) is 11.6 Å². The lowest BCUT2D eigenvalue weighted by Gasteiger charge is -2.20. The minimum absolute atomic E-state index is 0.0742. The minimum Gasteiger partial charge on any atom is -0.477 e. The molecule has 6 rings (SSSR count). The number of carbonyl (C=O) groups is 1. The van der Waals surface area contributed by atoms with Gasteiger partial charge in [0, 0.05) is 42.8 Å². The van der Waals surface area contributed by atoms with E-state index in [0.717, 1.165) is 35.7 Å². The molecular formula is C26H22F2N6O3. The highest BCUT2D eigenvalue weighted by atomic mass is 19.1. The second kappa shape index (κ2) is 8.26. The smallest absolute Gasteiger partial charge is 0.341 e. The Morgan fingerprint density at radius 1 is 1.19 bits per heavy atom. The summed E-state index contributed by atoms with van der Waals surface area (Å²) in [6.45, 7) is 1.13. The number of rotatable bonds is 5. The molecule has 0 amide bonds. The first kappa shape index (κ1) is 22.9. The number of halogens is 2. The predicted octanol–water partition coefficient (Wildman–Crippen LogP) is 3.50. The van der Waals surface area contributed by atoms with Crippen molar-refractivity contribution in [2.45, 2.75) is 31.8 Å². The van der Waals surface area contributed by atoms with E-state index < -0.39 is 28.6 Å². The van der Waals surface area contributed by atoms with Crippen LogP contribution in [0.25, 0.3) is 22.0 Å². The third-order valence-electron chi connectivity index (χ3n) is 7.02. The number of fused-ring (bicyclic) bond motifs is 2. The average Bonchev–Trinajstić information content (AvgIpc) is 3.62. The highest BCUT2D eigenvalue weighted by molar-refractivity contribution is 5.94. The number of aromatic nitrogens is 3. The fraction of sp³-hybridized carbons (Fsp3) is 0.231. The Morgan fingerprint density at radius 2 is 1.97 bits per heavy atom. The van der Waals surface area contributed by atoms with Gasteiger partial charge in [0.15, 0.2) is 5.82 Å². The second-order valence-corrected chi connectivity index (χ2v) is 9.41. The molecule has 37 heavy (non-hydrogen) atoms. The van der Waals surface area contributed by atoms with Gasteiger partial charge in [-0.05, 0) is 48.6 Å². The molecule has 188 valence electrons. The van der Waals surface area contributed by atoms with Crippen LogP contribution < -0.4 is 21.8 Å². The number of hydrogen-bond donors (Lipinski definition) is 3. The number of carboxylic acids is 1. The van der Waals surface area contributed by atoms with Crippen molar-refractivity contribution < 1.29 is 18.7 Å². The first-order chi connectivity index (χ1) is 17.7. The molecular weight excluding hydrogens is 482 g/mol. The normalized spacial score (nSPS) is 14.8. The number of nitrogens with zero attached hydrogens (tertiary/aromatic N) is 4. The largest absolute Gasteiger partial charge is 0.477 e. The maximum absolute atomic E-state index is 16.0. The number of benzene rings is 2. The van der Waals surface area contributed by atoms with Crippen LogP contribution in [0.2, 0.25) is 0 Å². The first-order valence-electron chi connectivity index (χ1n) is 11.8. The van der Waals surface area contributed by atoms with Crippen molar-refractivity contribution in [3.63, 3.8) is 0 Å². The van der Waals surface area contributed by atoms with Gasteiger partial charge in [-0.25, -0.2) is 18.6 Å². The summed E-state index contributed by atoms with van der Waals surface area (Å²) in [5.74, 6) is -2.84. The van der Waals surface area contributed by atoms with E-state index >= 15 is 8.78 Å². The average molecular weight is 504 g/mol. The SMILES string of the molecule is Nc1ncc(CN2CCc3cc(-c4c(F)cc5c(=O)c(C(=O)O)cn(C6CC6)c5c4F)ccc32)c(N)n1. The molecule has 1 saturated carbocycles. The fourth-order valence-corrected chi connectivity index (χ4v) is 5.05. The van der Waals surface area contributed by atoms with Crippen molar-refractivity contribution in [3.05, 3.63) is 75.2 Å². The minimum atomic E-state index is -1.43. The predicted molar refractivity (Wildman–Crippen MR) is 134 cm³/mol. The molecule has 4 aromatic rings. The molecule has 1 aliphatic carbocycles. The van der Waals surface area contributed by atoms with E-state index in [4.69, 9.17) is 11.5 Å². The standard InChI is InChI=1S/C26H22F2N6O3/c27-18-8-16-22(34(15-2-3-15)11-17(23(16)35)25(36)37)21(28)20(18)13-1-4-19-12(7-13)5-6-33(19)10-14-9-31-26(30)32-24(14)29/h1,4,7-9,11,15H,2-3,5-6,10H2,(H,36,37)(H4,29,30,31,32). The van der Waals surface area contributed by atoms with Crippen LogP contribution in [0.1, 0.15) is 40.4 Å². The Morgan fingerprint density at radius 3 is 2.68 bits per heavy atom. The molecule has 1 fully saturated rings. The summed E-state index contributed by atoms with van der Waals surface area (Å²) in [6.07, 6.45) is 4.86. The fourth-order valence-electron chi connectivity index (χ4n) is 5.05. The molecule has 5 N–H and O–H groups in total. The van der Waals surface area contributed by atoms with Crippen LogP contribution in [-0.4, -0.2) is 32.2 Å². The van der Waals surface area contributed by atoms with Crippen molar-refractivity contribution in [2.24, 2.45) is 0 Å². The van der Waals surface area contributed by atoms with Crippen molar-refractivity contribution in [1.82, 2.24) is 14.5 Å². The first-order valence-corrected chi connectivity index (χ1v) is 11.8. The zero-order valence-electron chi connectivity index (χ0n) is 19.5. The van der Waals surface area contributed by atoms with E-state index in [0.29, 0.717) is 30.9 Å². The Kier molecular flexibility index (Phi) is 5.11. The van der Waals surface area contributed by atoms with E-state index in [-0.39, 0.29) is 28.5 Å². The lowest BCUT2D eigenvalue weighted by atomic mass is 9.98. The molecule has 2 aliphatic rings. The molecule has 3 heterocycles. The topological polar surface area (TPSA) is 140 Å². The highest BCUT2D eigenvalue weighted by Gasteiger charge is 2.30. The summed E-state index contributed by atoms with van der Waals surface area (Å²) in [5, 5.41) is 9.15. The zero-order chi connectivity index (χ0) is 26.0. The van der Waals surface area contributed by atoms with Gasteiger partial charge in [0.1, 0.15) is 17.2 Å². The molecule has 0 bridgehead atoms. The van der Waals surface area contributed by atoms with Crippen LogP contribution in [0.15, 0.2) is 41.5 Å². The second-order valence-electron chi connectivity index (χ2n) is 9.41. The summed E-state index contributed by atoms with van der Waals surface area (Å²) >= 11 is 0. The van der Waals surface area contributed by atoms with Gasteiger partial charge in [0.25, 0.3) is 0 Å². The molecule has 0 atom stereocenters. The summed E-state index contributed by atoms with van der Waals surface area (Å²) in [7, 11) is 0. The number of pyridine rings is 1. The molecule has 2 aromatic heterocycles. The third kappa shape index (κ3) is 3.74. The van der Waals surface area contributed by atoms with Gasteiger partial charge in [-0.1, -0.05) is 6.07 Å². The molecule has 0 unspecified atom stereocenters. The van der Waals surface area contributed by atoms with Gasteiger partial charge in [-0.15, -0.1) is 0 Å². The maximum Gasteiger partial charge on any atom is 0.341 e. The molecule has 1 aliphatic heterocycles. The van der Waals surface area contributed by atoms with E-state index in [2.05, 4.69) is 14.9 Å². The van der Waals surface area contributed by atoms with E-state index in [1.54, 1.807) is 24.4 Å². The summed E-state index contributed by atoms with van der Waals surface area (Å²) in [4.78, 5) is 34.4. The summed E-state index contributed by atoms with van der Waals surface area (Å²) in [6, 6.07) is 6.00. The lowest BCUT2D eigenvalue weighted by molar-refractivity contribution is 0.0694. The van der Waals surface area contributed by atoms with Crippen LogP contribution in [-0.2, 0) is 13.0 Å². The Labute approximate surface area is 209 Å². The Hall–Kier alpha value is -4.54. The summed E-state index contributed by atoms with van der Waals surface area (Å²) < 4.78 is 32.8. The Bertz CT molecular complexity index is 1680. The van der Waals surface area contributed by atoms with Gasteiger partial charge in [0.2, 0.25) is 11.4 Å². The van der Waals surface area contributed by atoms with Gasteiger partial charge >= 0.3 is 5.97 Å². The highest BCUT2D eigenvalue weighted by Crippen LogP contribution is 2.41. The number of hydrogen-bond acceptors (Lipinski definition) is 7. The van der Waals surface area contributed by atoms with Crippen LogP contribution >= 0.6 is 0 Å². The van der Waals surface area contributed by atoms with Gasteiger partial charge < -0.3 is 26.0 Å². The molecule has 2 aromatic carbocycles. The molecule has 9 nitrogen and oxygen atoms in total. The van der Waals surface area contributed by atoms with Gasteiger partial charge in [-0.2, -0.15) is 4.98 Å². The monoisotopic (exact) mass is 504 g/mol. The van der Waals surface area contributed by atoms with Crippen LogP contribution in [0.5, 0.6) is 0 Å². The van der Waals surface area contributed by atoms with Crippen LogP contribution in [0.3, 0.4) is 0 Å². The number of carboxylic acid groups (broad SMARTS) is 1. The quantitative estimate of drug-likeness (QED) is 0.375. The molecule has 11 heteroatoms. The molecule has 0 saturated heterocycles. The van der Waals surface area contributed by atoms with Crippen molar-refractivity contribution in [1.29, 1.82) is 0 Å². The van der Waals surface area contributed by atoms with E-state index in [1.165, 1.54) is 10.8 Å². The van der Waals surface area contributed by atoms with Gasteiger partial charge in [0.05, 0.1) is 16.5 Å². The maximum atomic E-state index is 16.0.